The van der Waals surface area contributed by atoms with Gasteiger partial charge in [-0.2, -0.15) is 0 Å². The van der Waals surface area contributed by atoms with Gasteiger partial charge in [0, 0.05) is 24.2 Å². The summed E-state index contributed by atoms with van der Waals surface area (Å²) in [4.78, 5) is 25.2. The van der Waals surface area contributed by atoms with E-state index in [0.717, 1.165) is 32.1 Å². The predicted octanol–water partition coefficient (Wildman–Crippen LogP) is 3.03. The lowest BCUT2D eigenvalue weighted by atomic mass is 9.60. The van der Waals surface area contributed by atoms with Crippen molar-refractivity contribution in [3.05, 3.63) is 29.0 Å². The Morgan fingerprint density at radius 3 is 2.48 bits per heavy atom. The van der Waals surface area contributed by atoms with Gasteiger partial charge in [0.05, 0.1) is 11.1 Å². The van der Waals surface area contributed by atoms with Crippen molar-refractivity contribution in [2.75, 3.05) is 6.61 Å². The molecule has 0 spiro atoms. The first kappa shape index (κ1) is 22.3. The lowest BCUT2D eigenvalue weighted by Gasteiger charge is -2.51. The predicted molar refractivity (Wildman–Crippen MR) is 116 cm³/mol. The van der Waals surface area contributed by atoms with Gasteiger partial charge in [0.25, 0.3) is 5.91 Å². The van der Waals surface area contributed by atoms with Crippen LogP contribution in [0.3, 0.4) is 0 Å². The molecule has 3 saturated carbocycles. The van der Waals surface area contributed by atoms with Crippen LogP contribution in [-0.4, -0.2) is 42.6 Å². The maximum atomic E-state index is 13.5. The smallest absolute Gasteiger partial charge is 0.258 e. The van der Waals surface area contributed by atoms with Gasteiger partial charge in [-0.3, -0.25) is 9.59 Å². The van der Waals surface area contributed by atoms with E-state index < -0.39 is 5.82 Å². The molecule has 2 amide bonds. The summed E-state index contributed by atoms with van der Waals surface area (Å²) >= 11 is 5.66. The topological polar surface area (TPSA) is 79.5 Å². The molecule has 0 aromatic heterocycles. The van der Waals surface area contributed by atoms with E-state index in [0.29, 0.717) is 23.8 Å². The van der Waals surface area contributed by atoms with Gasteiger partial charge in [-0.25, -0.2) is 4.39 Å². The molecule has 6 nitrogen and oxygen atoms in total. The maximum absolute atomic E-state index is 13.5. The Hall–Kier alpha value is -1.86. The van der Waals surface area contributed by atoms with Crippen LogP contribution < -0.4 is 20.7 Å². The molecular weight excluding hydrogens is 421 g/mol. The number of amides is 2. The molecule has 5 rings (SSSR count). The van der Waals surface area contributed by atoms with Gasteiger partial charge < -0.3 is 20.7 Å². The van der Waals surface area contributed by atoms with Gasteiger partial charge in [0.1, 0.15) is 11.6 Å². The largest absolute Gasteiger partial charge is 0.484 e. The van der Waals surface area contributed by atoms with E-state index in [2.05, 4.69) is 29.8 Å². The van der Waals surface area contributed by atoms with E-state index in [9.17, 15) is 14.0 Å². The first-order valence-corrected chi connectivity index (χ1v) is 11.6. The van der Waals surface area contributed by atoms with Gasteiger partial charge in [0.2, 0.25) is 5.91 Å². The highest BCUT2D eigenvalue weighted by Gasteiger charge is 2.47. The molecule has 0 radical (unpaired) electrons. The normalized spacial score (nSPS) is 34.4. The Morgan fingerprint density at radius 1 is 1.10 bits per heavy atom. The number of ether oxygens (including phenoxy) is 1. The van der Waals surface area contributed by atoms with Crippen molar-refractivity contribution in [3.63, 3.8) is 0 Å². The third-order valence-corrected chi connectivity index (χ3v) is 7.29. The molecule has 4 fully saturated rings. The quantitative estimate of drug-likeness (QED) is 0.621. The highest BCUT2D eigenvalue weighted by atomic mass is 35.5. The van der Waals surface area contributed by atoms with Crippen LogP contribution in [0.25, 0.3) is 0 Å². The highest BCUT2D eigenvalue weighted by Crippen LogP contribution is 2.45. The average Bonchev–Trinajstić information content (AvgIpc) is 2.67. The minimum absolute atomic E-state index is 0.0129. The fourth-order valence-corrected chi connectivity index (χ4v) is 5.51. The number of nitrogens with one attached hydrogen (secondary N) is 3. The molecule has 2 bridgehead atoms. The third-order valence-electron chi connectivity index (χ3n) is 6.99. The number of rotatable bonds is 6. The van der Waals surface area contributed by atoms with E-state index in [1.165, 1.54) is 18.2 Å². The minimum atomic E-state index is -0.581. The molecule has 5 atom stereocenters. The summed E-state index contributed by atoms with van der Waals surface area (Å²) in [6.45, 7) is 4.13. The number of carbonyl (C=O) groups is 2. The minimum Gasteiger partial charge on any atom is -0.484 e. The molecule has 1 aromatic rings. The molecule has 1 aliphatic heterocycles. The number of benzene rings is 1. The van der Waals surface area contributed by atoms with E-state index in [4.69, 9.17) is 16.3 Å². The second-order valence-electron chi connectivity index (χ2n) is 9.58. The van der Waals surface area contributed by atoms with Gasteiger partial charge in [-0.05, 0) is 68.9 Å². The summed E-state index contributed by atoms with van der Waals surface area (Å²) in [6.07, 6.45) is 4.73. The molecule has 1 aromatic carbocycles. The summed E-state index contributed by atoms with van der Waals surface area (Å²) in [6, 6.07) is 4.41. The van der Waals surface area contributed by atoms with E-state index in [1.807, 2.05) is 0 Å². The van der Waals surface area contributed by atoms with Gasteiger partial charge in [-0.1, -0.05) is 18.5 Å². The standard InChI is InChI=1S/C23H31ClFN3O3/c1-12-5-13(2)26-21(6-12)23(30)28-20-10-19(14-7-15(20)8-14)27-22(29)11-31-16-3-4-17(24)18(25)9-16/h3-4,9,12-15,19-21,26H,5-8,10-11H2,1-2H3,(H,27,29)(H,28,30). The highest BCUT2D eigenvalue weighted by molar-refractivity contribution is 6.30. The van der Waals surface area contributed by atoms with Gasteiger partial charge in [-0.15, -0.1) is 0 Å². The fourth-order valence-electron chi connectivity index (χ4n) is 5.39. The van der Waals surface area contributed by atoms with Crippen molar-refractivity contribution in [2.45, 2.75) is 70.1 Å². The molecule has 3 N–H and O–H groups in total. The van der Waals surface area contributed by atoms with Gasteiger partial charge >= 0.3 is 0 Å². The van der Waals surface area contributed by atoms with E-state index in [-0.39, 0.29) is 47.3 Å². The van der Waals surface area contributed by atoms with Crippen LogP contribution in [-0.2, 0) is 9.59 Å². The molecule has 170 valence electrons. The Balaban J connectivity index is 1.26. The monoisotopic (exact) mass is 451 g/mol. The van der Waals surface area contributed by atoms with Crippen molar-refractivity contribution < 1.29 is 18.7 Å². The summed E-state index contributed by atoms with van der Waals surface area (Å²) in [5, 5.41) is 9.73. The number of halogens is 2. The molecule has 1 heterocycles. The molecule has 5 unspecified atom stereocenters. The molecule has 8 heteroatoms. The molecule has 4 aliphatic rings. The average molecular weight is 452 g/mol. The van der Waals surface area contributed by atoms with Gasteiger partial charge in [0.15, 0.2) is 6.61 Å². The zero-order valence-corrected chi connectivity index (χ0v) is 18.8. The van der Waals surface area contributed by atoms with E-state index in [1.54, 1.807) is 0 Å². The zero-order valence-electron chi connectivity index (χ0n) is 18.0. The van der Waals surface area contributed by atoms with Crippen LogP contribution >= 0.6 is 11.6 Å². The second kappa shape index (κ2) is 9.33. The Bertz CT molecular complexity index is 822. The summed E-state index contributed by atoms with van der Waals surface area (Å²) in [5.74, 6) is 0.990. The number of fused-ring (bicyclic) bond motifs is 2. The Kier molecular flexibility index (Phi) is 6.72. The first-order valence-electron chi connectivity index (χ1n) is 11.2. The first-order chi connectivity index (χ1) is 14.8. The summed E-state index contributed by atoms with van der Waals surface area (Å²) in [7, 11) is 0. The van der Waals surface area contributed by atoms with E-state index >= 15 is 0 Å². The molecule has 3 aliphatic carbocycles. The van der Waals surface area contributed by atoms with Crippen molar-refractivity contribution in [3.8, 4) is 5.75 Å². The Morgan fingerprint density at radius 2 is 1.81 bits per heavy atom. The summed E-state index contributed by atoms with van der Waals surface area (Å²) in [5.41, 5.74) is 0. The zero-order chi connectivity index (χ0) is 22.1. The van der Waals surface area contributed by atoms with Crippen molar-refractivity contribution in [1.82, 2.24) is 16.0 Å². The van der Waals surface area contributed by atoms with Crippen molar-refractivity contribution in [1.29, 1.82) is 0 Å². The third kappa shape index (κ3) is 5.32. The van der Waals surface area contributed by atoms with Crippen LogP contribution in [0.5, 0.6) is 5.75 Å². The fraction of sp³-hybridized carbons (Fsp3) is 0.652. The molecular formula is C23H31ClFN3O3. The molecule has 1 saturated heterocycles. The Labute approximate surface area is 187 Å². The lowest BCUT2D eigenvalue weighted by molar-refractivity contribution is -0.128. The SMILES string of the molecule is CC1CC(C)NC(C(=O)NC2CC(NC(=O)COc3ccc(Cl)c(F)c3)C3CC2C3)C1. The second-order valence-corrected chi connectivity index (χ2v) is 9.99. The van der Waals surface area contributed by atoms with Crippen LogP contribution in [0, 0.1) is 23.6 Å². The maximum Gasteiger partial charge on any atom is 0.258 e. The van der Waals surface area contributed by atoms with Crippen LogP contribution in [0.15, 0.2) is 18.2 Å². The van der Waals surface area contributed by atoms with Crippen molar-refractivity contribution >= 4 is 23.4 Å². The number of carbonyl (C=O) groups excluding carboxylic acids is 2. The number of hydrogen-bond donors (Lipinski definition) is 3. The van der Waals surface area contributed by atoms with Crippen molar-refractivity contribution in [2.24, 2.45) is 17.8 Å². The lowest BCUT2D eigenvalue weighted by Crippen LogP contribution is -2.62. The number of piperidine rings is 1. The van der Waals surface area contributed by atoms with Crippen LogP contribution in [0.2, 0.25) is 5.02 Å². The van der Waals surface area contributed by atoms with Crippen LogP contribution in [0.4, 0.5) is 4.39 Å². The van der Waals surface area contributed by atoms with Crippen LogP contribution in [0.1, 0.15) is 46.0 Å². The molecule has 31 heavy (non-hydrogen) atoms. The summed E-state index contributed by atoms with van der Waals surface area (Å²) < 4.78 is 18.9. The number of hydrogen-bond acceptors (Lipinski definition) is 4.